The number of amides is 1. The van der Waals surface area contributed by atoms with Crippen molar-refractivity contribution in [3.63, 3.8) is 0 Å². The van der Waals surface area contributed by atoms with Gasteiger partial charge in [-0.25, -0.2) is 14.1 Å². The lowest BCUT2D eigenvalue weighted by Crippen LogP contribution is -2.12. The molecule has 0 aliphatic heterocycles. The number of nitrogens with one attached hydrogen (secondary N) is 1. The van der Waals surface area contributed by atoms with E-state index < -0.39 is 11.7 Å². The Morgan fingerprint density at radius 3 is 2.69 bits per heavy atom. The smallest absolute Gasteiger partial charge is 0.293 e. The number of hydrogen-bond acceptors (Lipinski definition) is 5. The van der Waals surface area contributed by atoms with Crippen LogP contribution < -0.4 is 10.1 Å². The third-order valence-electron chi connectivity index (χ3n) is 4.24. The molecule has 1 amide bonds. The SMILES string of the molecule is O=C(Nc1ncn(Cc2ccc(Cl)c(Cl)c2)n1)c1ccc(COc2ccc(F)cc2Cl)o1. The second-order valence-electron chi connectivity index (χ2n) is 6.60. The molecule has 164 valence electrons. The Balaban J connectivity index is 1.34. The Morgan fingerprint density at radius 1 is 1.06 bits per heavy atom. The molecule has 0 unspecified atom stereocenters. The van der Waals surface area contributed by atoms with Crippen LogP contribution in [-0.4, -0.2) is 20.7 Å². The van der Waals surface area contributed by atoms with Gasteiger partial charge in [-0.2, -0.15) is 0 Å². The number of rotatable bonds is 7. The summed E-state index contributed by atoms with van der Waals surface area (Å²) < 4.78 is 25.6. The molecule has 0 saturated heterocycles. The summed E-state index contributed by atoms with van der Waals surface area (Å²) in [7, 11) is 0. The van der Waals surface area contributed by atoms with E-state index in [1.807, 2.05) is 6.07 Å². The third-order valence-corrected chi connectivity index (χ3v) is 5.27. The van der Waals surface area contributed by atoms with Crippen LogP contribution in [0.1, 0.15) is 21.9 Å². The van der Waals surface area contributed by atoms with E-state index in [4.69, 9.17) is 44.0 Å². The van der Waals surface area contributed by atoms with E-state index in [2.05, 4.69) is 15.4 Å². The number of nitrogens with zero attached hydrogens (tertiary/aromatic N) is 3. The molecule has 4 rings (SSSR count). The quantitative estimate of drug-likeness (QED) is 0.348. The van der Waals surface area contributed by atoms with E-state index in [0.717, 1.165) is 11.6 Å². The number of carbonyl (C=O) groups excluding carboxylic acids is 1. The van der Waals surface area contributed by atoms with E-state index in [-0.39, 0.29) is 23.3 Å². The third kappa shape index (κ3) is 5.40. The summed E-state index contributed by atoms with van der Waals surface area (Å²) >= 11 is 17.9. The average molecular weight is 496 g/mol. The van der Waals surface area contributed by atoms with Gasteiger partial charge in [-0.3, -0.25) is 10.1 Å². The largest absolute Gasteiger partial charge is 0.484 e. The fourth-order valence-electron chi connectivity index (χ4n) is 2.73. The number of hydrogen-bond donors (Lipinski definition) is 1. The van der Waals surface area contributed by atoms with E-state index >= 15 is 0 Å². The number of anilines is 1. The van der Waals surface area contributed by atoms with E-state index in [9.17, 15) is 9.18 Å². The van der Waals surface area contributed by atoms with Crippen LogP contribution in [0.15, 0.2) is 59.3 Å². The Morgan fingerprint density at radius 2 is 1.91 bits per heavy atom. The molecule has 32 heavy (non-hydrogen) atoms. The number of carbonyl (C=O) groups is 1. The first-order chi connectivity index (χ1) is 15.4. The summed E-state index contributed by atoms with van der Waals surface area (Å²) in [5.74, 6) is -0.145. The molecule has 0 aliphatic carbocycles. The van der Waals surface area contributed by atoms with Crippen molar-refractivity contribution in [1.82, 2.24) is 14.8 Å². The number of benzene rings is 2. The van der Waals surface area contributed by atoms with Gasteiger partial charge in [0.05, 0.1) is 21.6 Å². The summed E-state index contributed by atoms with van der Waals surface area (Å²) in [4.78, 5) is 16.5. The molecule has 0 saturated carbocycles. The first kappa shape index (κ1) is 22.1. The minimum absolute atomic E-state index is 0.00909. The highest BCUT2D eigenvalue weighted by Crippen LogP contribution is 2.26. The van der Waals surface area contributed by atoms with Gasteiger partial charge in [0, 0.05) is 0 Å². The summed E-state index contributed by atoms with van der Waals surface area (Å²) in [5.41, 5.74) is 0.874. The molecule has 1 N–H and O–H groups in total. The lowest BCUT2D eigenvalue weighted by molar-refractivity contribution is 0.0991. The molecular formula is C21H14Cl3FN4O3. The molecular weight excluding hydrogens is 482 g/mol. The molecule has 0 atom stereocenters. The highest BCUT2D eigenvalue weighted by atomic mass is 35.5. The molecule has 0 bridgehead atoms. The first-order valence-corrected chi connectivity index (χ1v) is 10.3. The monoisotopic (exact) mass is 494 g/mol. The number of halogens is 4. The topological polar surface area (TPSA) is 82.2 Å². The van der Waals surface area contributed by atoms with Crippen molar-refractivity contribution >= 4 is 46.7 Å². The normalized spacial score (nSPS) is 10.9. The second-order valence-corrected chi connectivity index (χ2v) is 7.82. The average Bonchev–Trinajstić information content (AvgIpc) is 3.40. The second kappa shape index (κ2) is 9.60. The van der Waals surface area contributed by atoms with Crippen molar-refractivity contribution in [2.24, 2.45) is 0 Å². The predicted octanol–water partition coefficient (Wildman–Crippen LogP) is 5.85. The molecule has 2 heterocycles. The van der Waals surface area contributed by atoms with Gasteiger partial charge in [0.15, 0.2) is 5.76 Å². The van der Waals surface area contributed by atoms with Gasteiger partial charge in [-0.15, -0.1) is 5.10 Å². The van der Waals surface area contributed by atoms with Crippen LogP contribution in [-0.2, 0) is 13.2 Å². The maximum atomic E-state index is 13.1. The van der Waals surface area contributed by atoms with Crippen LogP contribution in [0.3, 0.4) is 0 Å². The van der Waals surface area contributed by atoms with Gasteiger partial charge in [0.1, 0.15) is 30.3 Å². The van der Waals surface area contributed by atoms with Crippen molar-refractivity contribution < 1.29 is 18.3 Å². The highest BCUT2D eigenvalue weighted by Gasteiger charge is 2.15. The molecule has 2 aromatic carbocycles. The Labute approximate surface area is 196 Å². The zero-order valence-corrected chi connectivity index (χ0v) is 18.5. The Kier molecular flexibility index (Phi) is 6.64. The van der Waals surface area contributed by atoms with Crippen LogP contribution >= 0.6 is 34.8 Å². The van der Waals surface area contributed by atoms with E-state index in [0.29, 0.717) is 28.1 Å². The molecule has 0 fully saturated rings. The summed E-state index contributed by atoms with van der Waals surface area (Å²) in [6, 6.07) is 12.1. The minimum atomic E-state index is -0.525. The van der Waals surface area contributed by atoms with Gasteiger partial charge in [0.2, 0.25) is 5.95 Å². The standard InChI is InChI=1S/C21H14Cl3FN4O3/c22-15-4-1-12(7-16(15)23)9-29-11-26-21(28-29)27-20(30)19-6-3-14(32-19)10-31-18-5-2-13(25)8-17(18)24/h1-8,11H,9-10H2,(H,27,28,30). The Bertz CT molecular complexity index is 1270. The molecule has 0 aliphatic rings. The van der Waals surface area contributed by atoms with Gasteiger partial charge >= 0.3 is 0 Å². The van der Waals surface area contributed by atoms with Gasteiger partial charge in [-0.1, -0.05) is 40.9 Å². The summed E-state index contributed by atoms with van der Waals surface area (Å²) in [6.45, 7) is 0.406. The maximum absolute atomic E-state index is 13.1. The zero-order valence-electron chi connectivity index (χ0n) is 16.2. The van der Waals surface area contributed by atoms with Gasteiger partial charge < -0.3 is 9.15 Å². The van der Waals surface area contributed by atoms with Crippen LogP contribution in [0.4, 0.5) is 10.3 Å². The van der Waals surface area contributed by atoms with E-state index in [1.54, 1.807) is 22.9 Å². The van der Waals surface area contributed by atoms with Crippen molar-refractivity contribution in [3.05, 3.63) is 92.8 Å². The highest BCUT2D eigenvalue weighted by molar-refractivity contribution is 6.42. The molecule has 2 aromatic heterocycles. The minimum Gasteiger partial charge on any atom is -0.484 e. The lowest BCUT2D eigenvalue weighted by atomic mass is 10.2. The van der Waals surface area contributed by atoms with Crippen molar-refractivity contribution in [1.29, 1.82) is 0 Å². The zero-order chi connectivity index (χ0) is 22.7. The summed E-state index contributed by atoms with van der Waals surface area (Å²) in [5, 5.41) is 7.81. The van der Waals surface area contributed by atoms with Crippen molar-refractivity contribution in [2.75, 3.05) is 5.32 Å². The van der Waals surface area contributed by atoms with Gasteiger partial charge in [0.25, 0.3) is 5.91 Å². The molecule has 0 spiro atoms. The van der Waals surface area contributed by atoms with Crippen LogP contribution in [0, 0.1) is 5.82 Å². The lowest BCUT2D eigenvalue weighted by Gasteiger charge is -2.06. The molecule has 4 aromatic rings. The van der Waals surface area contributed by atoms with Crippen LogP contribution in [0.2, 0.25) is 15.1 Å². The maximum Gasteiger partial charge on any atom is 0.293 e. The first-order valence-electron chi connectivity index (χ1n) is 9.18. The molecule has 11 heteroatoms. The van der Waals surface area contributed by atoms with Gasteiger partial charge in [-0.05, 0) is 48.0 Å². The molecule has 0 radical (unpaired) electrons. The fraction of sp³-hybridized carbons (Fsp3) is 0.0952. The van der Waals surface area contributed by atoms with Crippen LogP contribution in [0.5, 0.6) is 5.75 Å². The number of ether oxygens (including phenoxy) is 1. The number of furan rings is 1. The van der Waals surface area contributed by atoms with Crippen molar-refractivity contribution in [2.45, 2.75) is 13.2 Å². The molecule has 7 nitrogen and oxygen atoms in total. The van der Waals surface area contributed by atoms with Crippen molar-refractivity contribution in [3.8, 4) is 5.75 Å². The number of aromatic nitrogens is 3. The van der Waals surface area contributed by atoms with Crippen LogP contribution in [0.25, 0.3) is 0 Å². The summed E-state index contributed by atoms with van der Waals surface area (Å²) in [6.07, 6.45) is 1.48. The van der Waals surface area contributed by atoms with E-state index in [1.165, 1.54) is 24.5 Å². The fourth-order valence-corrected chi connectivity index (χ4v) is 3.28. The predicted molar refractivity (Wildman–Crippen MR) is 118 cm³/mol. The Hall–Kier alpha value is -3.07.